The summed E-state index contributed by atoms with van der Waals surface area (Å²) in [5.41, 5.74) is 2.51. The number of hydrogen-bond donors (Lipinski definition) is 1. The maximum Gasteiger partial charge on any atom is 0.264 e. The van der Waals surface area contributed by atoms with Gasteiger partial charge in [-0.15, -0.1) is 0 Å². The standard InChI is InChI=1S/C13H12IN3O/c1-7-3-2-4-9(15-7)12-16-11(8-5-6-8)10(14)13(18)17-12/h2-4,8H,5-6H2,1H3,(H,16,17,18). The molecule has 1 saturated carbocycles. The van der Waals surface area contributed by atoms with Crippen molar-refractivity contribution >= 4 is 22.6 Å². The smallest absolute Gasteiger partial charge is 0.264 e. The molecule has 0 aliphatic heterocycles. The molecule has 2 heterocycles. The fraction of sp³-hybridized carbons (Fsp3) is 0.308. The monoisotopic (exact) mass is 353 g/mol. The van der Waals surface area contributed by atoms with E-state index in [0.717, 1.165) is 29.9 Å². The lowest BCUT2D eigenvalue weighted by Crippen LogP contribution is -2.16. The molecular formula is C13H12IN3O. The van der Waals surface area contributed by atoms with E-state index >= 15 is 0 Å². The number of halogens is 1. The number of aryl methyl sites for hydroxylation is 1. The van der Waals surface area contributed by atoms with E-state index in [-0.39, 0.29) is 5.56 Å². The Labute approximate surface area is 118 Å². The van der Waals surface area contributed by atoms with Crippen molar-refractivity contribution in [2.45, 2.75) is 25.7 Å². The minimum atomic E-state index is -0.0641. The molecule has 0 spiro atoms. The fourth-order valence-corrected chi connectivity index (χ4v) is 2.60. The number of H-pyrrole nitrogens is 1. The Hall–Kier alpha value is -1.24. The lowest BCUT2D eigenvalue weighted by molar-refractivity contribution is 0.950. The summed E-state index contributed by atoms with van der Waals surface area (Å²) in [7, 11) is 0. The Kier molecular flexibility index (Phi) is 2.93. The van der Waals surface area contributed by atoms with Gasteiger partial charge >= 0.3 is 0 Å². The molecule has 2 aromatic heterocycles. The Balaban J connectivity index is 2.15. The molecule has 1 N–H and O–H groups in total. The number of nitrogens with zero attached hydrogens (tertiary/aromatic N) is 2. The molecule has 0 bridgehead atoms. The van der Waals surface area contributed by atoms with E-state index in [2.05, 4.69) is 37.5 Å². The first-order valence-electron chi connectivity index (χ1n) is 5.89. The van der Waals surface area contributed by atoms with Gasteiger partial charge in [0.1, 0.15) is 9.26 Å². The Bertz CT molecular complexity index is 662. The van der Waals surface area contributed by atoms with Gasteiger partial charge in [-0.25, -0.2) is 9.97 Å². The molecule has 1 aliphatic rings. The second-order valence-electron chi connectivity index (χ2n) is 4.55. The van der Waals surface area contributed by atoms with Crippen LogP contribution in [0.15, 0.2) is 23.0 Å². The minimum Gasteiger partial charge on any atom is -0.304 e. The van der Waals surface area contributed by atoms with Crippen LogP contribution < -0.4 is 5.56 Å². The van der Waals surface area contributed by atoms with E-state index in [1.807, 2.05) is 25.1 Å². The minimum absolute atomic E-state index is 0.0641. The van der Waals surface area contributed by atoms with Crippen LogP contribution in [0.2, 0.25) is 0 Å². The molecule has 0 amide bonds. The summed E-state index contributed by atoms with van der Waals surface area (Å²) in [5.74, 6) is 1.04. The maximum atomic E-state index is 11.9. The summed E-state index contributed by atoms with van der Waals surface area (Å²) in [6.07, 6.45) is 2.26. The molecule has 4 nitrogen and oxygen atoms in total. The van der Waals surface area contributed by atoms with E-state index in [1.165, 1.54) is 0 Å². The van der Waals surface area contributed by atoms with Crippen molar-refractivity contribution in [3.05, 3.63) is 43.5 Å². The van der Waals surface area contributed by atoms with Gasteiger partial charge < -0.3 is 4.98 Å². The van der Waals surface area contributed by atoms with Crippen molar-refractivity contribution in [2.24, 2.45) is 0 Å². The maximum absolute atomic E-state index is 11.9. The predicted molar refractivity (Wildman–Crippen MR) is 77.5 cm³/mol. The van der Waals surface area contributed by atoms with Crippen molar-refractivity contribution in [2.75, 3.05) is 0 Å². The number of pyridine rings is 1. The first-order chi connectivity index (χ1) is 8.65. The van der Waals surface area contributed by atoms with Gasteiger partial charge in [-0.3, -0.25) is 4.79 Å². The molecule has 0 saturated heterocycles. The van der Waals surface area contributed by atoms with E-state index in [9.17, 15) is 4.79 Å². The summed E-state index contributed by atoms with van der Waals surface area (Å²) < 4.78 is 0.714. The van der Waals surface area contributed by atoms with Crippen LogP contribution in [0.4, 0.5) is 0 Å². The van der Waals surface area contributed by atoms with E-state index in [1.54, 1.807) is 0 Å². The van der Waals surface area contributed by atoms with Gasteiger partial charge in [-0.2, -0.15) is 0 Å². The van der Waals surface area contributed by atoms with E-state index in [4.69, 9.17) is 0 Å². The summed E-state index contributed by atoms with van der Waals surface area (Å²) >= 11 is 2.08. The Morgan fingerprint density at radius 1 is 1.33 bits per heavy atom. The molecular weight excluding hydrogens is 341 g/mol. The third-order valence-corrected chi connectivity index (χ3v) is 4.03. The quantitative estimate of drug-likeness (QED) is 0.845. The molecule has 1 aliphatic carbocycles. The Morgan fingerprint density at radius 2 is 2.11 bits per heavy atom. The van der Waals surface area contributed by atoms with Gasteiger partial charge in [0.25, 0.3) is 5.56 Å². The third-order valence-electron chi connectivity index (χ3n) is 2.98. The first-order valence-corrected chi connectivity index (χ1v) is 6.97. The normalized spacial score (nSPS) is 14.8. The van der Waals surface area contributed by atoms with Crippen LogP contribution in [0.3, 0.4) is 0 Å². The van der Waals surface area contributed by atoms with Gasteiger partial charge in [-0.1, -0.05) is 6.07 Å². The molecule has 18 heavy (non-hydrogen) atoms. The number of hydrogen-bond acceptors (Lipinski definition) is 3. The SMILES string of the molecule is Cc1cccc(-c2nc(C3CC3)c(I)c(=O)[nH]2)n1. The van der Waals surface area contributed by atoms with Crippen molar-refractivity contribution in [3.8, 4) is 11.5 Å². The van der Waals surface area contributed by atoms with Gasteiger partial charge in [0.05, 0.1) is 5.69 Å². The highest BCUT2D eigenvalue weighted by Crippen LogP contribution is 2.40. The zero-order valence-electron chi connectivity index (χ0n) is 9.90. The number of aromatic nitrogens is 3. The van der Waals surface area contributed by atoms with E-state index in [0.29, 0.717) is 15.3 Å². The molecule has 92 valence electrons. The van der Waals surface area contributed by atoms with E-state index < -0.39 is 0 Å². The molecule has 0 aromatic carbocycles. The summed E-state index contributed by atoms with van der Waals surface area (Å²) in [4.78, 5) is 23.7. The molecule has 3 rings (SSSR count). The zero-order valence-corrected chi connectivity index (χ0v) is 12.1. The fourth-order valence-electron chi connectivity index (χ4n) is 1.90. The third kappa shape index (κ3) is 2.19. The molecule has 0 atom stereocenters. The highest BCUT2D eigenvalue weighted by molar-refractivity contribution is 14.1. The zero-order chi connectivity index (χ0) is 12.7. The van der Waals surface area contributed by atoms with Crippen LogP contribution in [-0.2, 0) is 0 Å². The second kappa shape index (κ2) is 4.46. The first kappa shape index (κ1) is 11.8. The molecule has 0 unspecified atom stereocenters. The van der Waals surface area contributed by atoms with Gasteiger partial charge in [-0.05, 0) is 54.5 Å². The van der Waals surface area contributed by atoms with Crippen molar-refractivity contribution < 1.29 is 0 Å². The summed E-state index contributed by atoms with van der Waals surface area (Å²) in [6.45, 7) is 1.93. The summed E-state index contributed by atoms with van der Waals surface area (Å²) in [6, 6.07) is 5.72. The highest BCUT2D eigenvalue weighted by Gasteiger charge is 2.29. The van der Waals surface area contributed by atoms with Crippen molar-refractivity contribution in [1.29, 1.82) is 0 Å². The topological polar surface area (TPSA) is 58.6 Å². The van der Waals surface area contributed by atoms with Crippen molar-refractivity contribution in [1.82, 2.24) is 15.0 Å². The lowest BCUT2D eigenvalue weighted by atomic mass is 10.2. The van der Waals surface area contributed by atoms with Crippen LogP contribution in [-0.4, -0.2) is 15.0 Å². The number of nitrogens with one attached hydrogen (secondary N) is 1. The average molecular weight is 353 g/mol. The van der Waals surface area contributed by atoms with Crippen LogP contribution in [0.1, 0.15) is 30.1 Å². The highest BCUT2D eigenvalue weighted by atomic mass is 127. The average Bonchev–Trinajstić information content (AvgIpc) is 3.16. The van der Waals surface area contributed by atoms with Gasteiger partial charge in [0, 0.05) is 11.6 Å². The van der Waals surface area contributed by atoms with Gasteiger partial charge in [0.15, 0.2) is 5.82 Å². The largest absolute Gasteiger partial charge is 0.304 e. The van der Waals surface area contributed by atoms with Crippen LogP contribution >= 0.6 is 22.6 Å². The van der Waals surface area contributed by atoms with Crippen LogP contribution in [0.25, 0.3) is 11.5 Å². The number of rotatable bonds is 2. The summed E-state index contributed by atoms with van der Waals surface area (Å²) in [5, 5.41) is 0. The Morgan fingerprint density at radius 3 is 2.78 bits per heavy atom. The molecule has 1 fully saturated rings. The van der Waals surface area contributed by atoms with Gasteiger partial charge in [0.2, 0.25) is 0 Å². The van der Waals surface area contributed by atoms with Crippen molar-refractivity contribution in [3.63, 3.8) is 0 Å². The van der Waals surface area contributed by atoms with Crippen LogP contribution in [0.5, 0.6) is 0 Å². The number of aromatic amines is 1. The molecule has 2 aromatic rings. The molecule has 5 heteroatoms. The van der Waals surface area contributed by atoms with Crippen LogP contribution in [0, 0.1) is 10.5 Å². The second-order valence-corrected chi connectivity index (χ2v) is 5.63. The molecule has 0 radical (unpaired) electrons. The lowest BCUT2D eigenvalue weighted by Gasteiger charge is -2.05. The predicted octanol–water partition coefficient (Wildman–Crippen LogP) is 2.62.